The molecule has 1 aliphatic rings. The zero-order valence-corrected chi connectivity index (χ0v) is 16.4. The van der Waals surface area contributed by atoms with E-state index >= 15 is 0 Å². The van der Waals surface area contributed by atoms with Crippen LogP contribution >= 0.6 is 0 Å². The normalized spacial score (nSPS) is 15.3. The molecule has 0 saturated carbocycles. The molecule has 0 bridgehead atoms. The highest BCUT2D eigenvalue weighted by molar-refractivity contribution is 6.10. The largest absolute Gasteiger partial charge is 0.497 e. The Kier molecular flexibility index (Phi) is 4.80. The Labute approximate surface area is 168 Å². The maximum atomic E-state index is 13.2. The number of benzene rings is 2. The van der Waals surface area contributed by atoms with Crippen LogP contribution in [0.4, 0.5) is 5.69 Å². The van der Waals surface area contributed by atoms with E-state index in [9.17, 15) is 9.59 Å². The number of aryl methyl sites for hydroxylation is 1. The van der Waals surface area contributed by atoms with Gasteiger partial charge in [0, 0.05) is 16.9 Å². The first-order chi connectivity index (χ1) is 14.0. The van der Waals surface area contributed by atoms with Gasteiger partial charge >= 0.3 is 5.97 Å². The molecule has 148 valence electrons. The van der Waals surface area contributed by atoms with Crippen molar-refractivity contribution >= 4 is 17.6 Å². The molecule has 0 spiro atoms. The summed E-state index contributed by atoms with van der Waals surface area (Å²) >= 11 is 0. The average molecular weight is 391 g/mol. The van der Waals surface area contributed by atoms with Crippen LogP contribution in [0.25, 0.3) is 0 Å². The van der Waals surface area contributed by atoms with Gasteiger partial charge in [-0.25, -0.2) is 4.79 Å². The number of carbonyl (C=O) groups excluding carboxylic acids is 2. The molecule has 2 aromatic carbocycles. The van der Waals surface area contributed by atoms with Crippen LogP contribution in [-0.4, -0.2) is 35.8 Å². The predicted octanol–water partition coefficient (Wildman–Crippen LogP) is 3.65. The number of fused-ring (bicyclic) bond motifs is 1. The lowest BCUT2D eigenvalue weighted by molar-refractivity contribution is 0.0526. The molecule has 1 atom stereocenters. The second-order valence-corrected chi connectivity index (χ2v) is 6.73. The molecule has 7 nitrogen and oxygen atoms in total. The number of esters is 1. The van der Waals surface area contributed by atoms with E-state index < -0.39 is 0 Å². The summed E-state index contributed by atoms with van der Waals surface area (Å²) in [5.74, 6) is 0.128. The summed E-state index contributed by atoms with van der Waals surface area (Å²) in [6.45, 7) is 3.97. The number of ether oxygens (including phenoxy) is 2. The van der Waals surface area contributed by atoms with E-state index in [2.05, 4.69) is 10.2 Å². The first kappa shape index (κ1) is 18.7. The number of anilines is 1. The van der Waals surface area contributed by atoms with Gasteiger partial charge in [0.05, 0.1) is 25.3 Å². The molecule has 0 radical (unpaired) electrons. The SMILES string of the molecule is CCOC(=O)c1ccc(N2C(=O)c3n[nH]c(C)c3[C@H]2c2cccc(OC)c2)cc1. The predicted molar refractivity (Wildman–Crippen MR) is 107 cm³/mol. The van der Waals surface area contributed by atoms with Crippen molar-refractivity contribution in [2.24, 2.45) is 0 Å². The lowest BCUT2D eigenvalue weighted by Gasteiger charge is -2.26. The van der Waals surface area contributed by atoms with Gasteiger partial charge in [0.2, 0.25) is 0 Å². The zero-order chi connectivity index (χ0) is 20.5. The van der Waals surface area contributed by atoms with E-state index in [1.165, 1.54) is 0 Å². The number of carbonyl (C=O) groups is 2. The lowest BCUT2D eigenvalue weighted by Crippen LogP contribution is -2.29. The fraction of sp³-hybridized carbons (Fsp3) is 0.227. The topological polar surface area (TPSA) is 84.5 Å². The van der Waals surface area contributed by atoms with Crippen LogP contribution in [0.5, 0.6) is 5.75 Å². The Morgan fingerprint density at radius 1 is 1.21 bits per heavy atom. The van der Waals surface area contributed by atoms with Crippen LogP contribution in [0.1, 0.15) is 50.6 Å². The third-order valence-corrected chi connectivity index (χ3v) is 5.01. The fourth-order valence-electron chi connectivity index (χ4n) is 3.66. The molecule has 2 heterocycles. The van der Waals surface area contributed by atoms with E-state index in [0.29, 0.717) is 29.3 Å². The Morgan fingerprint density at radius 2 is 1.97 bits per heavy atom. The summed E-state index contributed by atoms with van der Waals surface area (Å²) in [7, 11) is 1.61. The van der Waals surface area contributed by atoms with Crippen molar-refractivity contribution in [1.29, 1.82) is 0 Å². The molecule has 0 saturated heterocycles. The van der Waals surface area contributed by atoms with Gasteiger partial charge in [0.25, 0.3) is 5.91 Å². The number of aromatic amines is 1. The number of amides is 1. The zero-order valence-electron chi connectivity index (χ0n) is 16.4. The van der Waals surface area contributed by atoms with Crippen molar-refractivity contribution in [3.05, 3.63) is 76.6 Å². The van der Waals surface area contributed by atoms with Crippen LogP contribution < -0.4 is 9.64 Å². The Morgan fingerprint density at radius 3 is 2.66 bits per heavy atom. The summed E-state index contributed by atoms with van der Waals surface area (Å²) in [5.41, 5.74) is 4.12. The molecule has 1 amide bonds. The smallest absolute Gasteiger partial charge is 0.338 e. The molecule has 3 aromatic rings. The molecular weight excluding hydrogens is 370 g/mol. The van der Waals surface area contributed by atoms with Crippen molar-refractivity contribution in [3.63, 3.8) is 0 Å². The van der Waals surface area contributed by atoms with Crippen molar-refractivity contribution in [3.8, 4) is 5.75 Å². The van der Waals surface area contributed by atoms with Gasteiger partial charge in [-0.05, 0) is 55.8 Å². The minimum absolute atomic E-state index is 0.193. The van der Waals surface area contributed by atoms with E-state index in [1.807, 2.05) is 31.2 Å². The van der Waals surface area contributed by atoms with Gasteiger partial charge in [-0.1, -0.05) is 12.1 Å². The number of nitrogens with one attached hydrogen (secondary N) is 1. The van der Waals surface area contributed by atoms with Crippen LogP contribution in [0.2, 0.25) is 0 Å². The Balaban J connectivity index is 1.79. The minimum atomic E-state index is -0.389. The number of methoxy groups -OCH3 is 1. The third-order valence-electron chi connectivity index (χ3n) is 5.01. The minimum Gasteiger partial charge on any atom is -0.497 e. The van der Waals surface area contributed by atoms with Crippen molar-refractivity contribution in [2.75, 3.05) is 18.6 Å². The summed E-state index contributed by atoms with van der Waals surface area (Å²) in [4.78, 5) is 26.8. The number of H-pyrrole nitrogens is 1. The first-order valence-corrected chi connectivity index (χ1v) is 9.34. The van der Waals surface area contributed by atoms with Gasteiger partial charge in [-0.15, -0.1) is 0 Å². The van der Waals surface area contributed by atoms with Gasteiger partial charge in [0.1, 0.15) is 5.75 Å². The molecule has 1 aromatic heterocycles. The number of rotatable bonds is 5. The van der Waals surface area contributed by atoms with E-state index in [4.69, 9.17) is 9.47 Å². The van der Waals surface area contributed by atoms with Crippen LogP contribution in [0.3, 0.4) is 0 Å². The van der Waals surface area contributed by atoms with Crippen LogP contribution in [0.15, 0.2) is 48.5 Å². The van der Waals surface area contributed by atoms with Gasteiger partial charge in [0.15, 0.2) is 5.69 Å². The van der Waals surface area contributed by atoms with Crippen LogP contribution in [0, 0.1) is 6.92 Å². The molecule has 4 rings (SSSR count). The highest BCUT2D eigenvalue weighted by Crippen LogP contribution is 2.42. The van der Waals surface area contributed by atoms with Crippen molar-refractivity contribution in [1.82, 2.24) is 10.2 Å². The molecule has 0 aliphatic carbocycles. The Hall–Kier alpha value is -3.61. The number of hydrogen-bond donors (Lipinski definition) is 1. The summed E-state index contributed by atoms with van der Waals surface area (Å²) in [6, 6.07) is 14.1. The molecular formula is C22H21N3O4. The Bertz CT molecular complexity index is 1070. The molecule has 0 unspecified atom stereocenters. The lowest BCUT2D eigenvalue weighted by atomic mass is 9.98. The fourth-order valence-corrected chi connectivity index (χ4v) is 3.66. The summed E-state index contributed by atoms with van der Waals surface area (Å²) in [6.07, 6.45) is 0. The van der Waals surface area contributed by atoms with Gasteiger partial charge in [-0.3, -0.25) is 14.8 Å². The van der Waals surface area contributed by atoms with Crippen molar-refractivity contribution in [2.45, 2.75) is 19.9 Å². The standard InChI is InChI=1S/C22H21N3O4/c1-4-29-22(27)14-8-10-16(11-9-14)25-20(15-6-5-7-17(12-15)28-3)18-13(2)23-24-19(18)21(25)26/h5-12,20H,4H2,1-3H3,(H,23,24)/t20-/m1/s1. The second kappa shape index (κ2) is 7.43. The van der Waals surface area contributed by atoms with Gasteiger partial charge in [-0.2, -0.15) is 5.10 Å². The monoisotopic (exact) mass is 391 g/mol. The third kappa shape index (κ3) is 3.14. The van der Waals surface area contributed by atoms with Crippen molar-refractivity contribution < 1.29 is 19.1 Å². The number of hydrogen-bond acceptors (Lipinski definition) is 5. The maximum absolute atomic E-state index is 13.2. The van der Waals surface area contributed by atoms with E-state index in [0.717, 1.165) is 16.8 Å². The maximum Gasteiger partial charge on any atom is 0.338 e. The summed E-state index contributed by atoms with van der Waals surface area (Å²) < 4.78 is 10.4. The second-order valence-electron chi connectivity index (χ2n) is 6.73. The first-order valence-electron chi connectivity index (χ1n) is 9.34. The molecule has 7 heteroatoms. The van der Waals surface area contributed by atoms with Crippen LogP contribution in [-0.2, 0) is 4.74 Å². The number of aromatic nitrogens is 2. The van der Waals surface area contributed by atoms with E-state index in [-0.39, 0.29) is 17.9 Å². The molecule has 29 heavy (non-hydrogen) atoms. The quantitative estimate of drug-likeness (QED) is 0.671. The van der Waals surface area contributed by atoms with Gasteiger partial charge < -0.3 is 9.47 Å². The molecule has 0 fully saturated rings. The molecule has 1 N–H and O–H groups in total. The highest BCUT2D eigenvalue weighted by atomic mass is 16.5. The number of nitrogens with zero attached hydrogens (tertiary/aromatic N) is 2. The average Bonchev–Trinajstić information content (AvgIpc) is 3.26. The molecule has 1 aliphatic heterocycles. The van der Waals surface area contributed by atoms with E-state index in [1.54, 1.807) is 43.2 Å². The summed E-state index contributed by atoms with van der Waals surface area (Å²) in [5, 5.41) is 7.14. The highest BCUT2D eigenvalue weighted by Gasteiger charge is 2.42.